The molecule has 0 aliphatic carbocycles. The van der Waals surface area contributed by atoms with E-state index in [-0.39, 0.29) is 0 Å². The van der Waals surface area contributed by atoms with Crippen LogP contribution in [-0.2, 0) is 0 Å². The van der Waals surface area contributed by atoms with Gasteiger partial charge in [-0.1, -0.05) is 6.92 Å². The van der Waals surface area contributed by atoms with Crippen LogP contribution in [0.2, 0.25) is 0 Å². The van der Waals surface area contributed by atoms with Gasteiger partial charge in [0.25, 0.3) is 0 Å². The Balaban J connectivity index is 2.78. The second kappa shape index (κ2) is 6.43. The van der Waals surface area contributed by atoms with Crippen LogP contribution in [0.5, 0.6) is 0 Å². The number of nitrogens with one attached hydrogen (secondary N) is 1. The Morgan fingerprint density at radius 3 is 2.56 bits per heavy atom. The number of hydrogen-bond donors (Lipinski definition) is 1. The van der Waals surface area contributed by atoms with E-state index in [1.807, 2.05) is 27.1 Å². The molecule has 0 atom stereocenters. The van der Waals surface area contributed by atoms with Gasteiger partial charge in [-0.25, -0.2) is 4.98 Å². The van der Waals surface area contributed by atoms with Gasteiger partial charge in [-0.3, -0.25) is 4.98 Å². The van der Waals surface area contributed by atoms with Gasteiger partial charge >= 0.3 is 0 Å². The summed E-state index contributed by atoms with van der Waals surface area (Å²) in [6.07, 6.45) is 2.99. The zero-order chi connectivity index (χ0) is 12.0. The minimum absolute atomic E-state index is 0.967. The molecule has 1 heterocycles. The quantitative estimate of drug-likeness (QED) is 0.792. The van der Waals surface area contributed by atoms with Crippen molar-refractivity contribution in [2.75, 3.05) is 31.6 Å². The maximum absolute atomic E-state index is 4.58. The molecular formula is C12H22N4. The molecule has 4 nitrogen and oxygen atoms in total. The highest BCUT2D eigenvalue weighted by molar-refractivity contribution is 5.37. The van der Waals surface area contributed by atoms with Crippen molar-refractivity contribution in [3.05, 3.63) is 17.6 Å². The van der Waals surface area contributed by atoms with E-state index in [4.69, 9.17) is 0 Å². The van der Waals surface area contributed by atoms with Gasteiger partial charge in [-0.15, -0.1) is 0 Å². The van der Waals surface area contributed by atoms with E-state index >= 15 is 0 Å². The Morgan fingerprint density at radius 1 is 1.25 bits per heavy atom. The zero-order valence-corrected chi connectivity index (χ0v) is 10.7. The third-order valence-corrected chi connectivity index (χ3v) is 2.63. The van der Waals surface area contributed by atoms with Gasteiger partial charge in [0.05, 0.1) is 17.6 Å². The van der Waals surface area contributed by atoms with E-state index in [1.54, 1.807) is 0 Å². The highest BCUT2D eigenvalue weighted by Gasteiger charge is 2.07. The first kappa shape index (κ1) is 12.9. The fourth-order valence-electron chi connectivity index (χ4n) is 1.54. The molecule has 0 fully saturated rings. The maximum Gasteiger partial charge on any atom is 0.147 e. The second-order valence-corrected chi connectivity index (χ2v) is 3.99. The lowest BCUT2D eigenvalue weighted by Gasteiger charge is -2.23. The fourth-order valence-corrected chi connectivity index (χ4v) is 1.54. The molecule has 0 spiro atoms. The molecule has 0 amide bonds. The maximum atomic E-state index is 4.58. The molecule has 0 aliphatic rings. The summed E-state index contributed by atoms with van der Waals surface area (Å²) in [5.41, 5.74) is 2.02. The number of likely N-dealkylation sites (N-methyl/N-ethyl adjacent to an activating group) is 1. The molecule has 1 aromatic rings. The largest absolute Gasteiger partial charge is 0.354 e. The SMILES string of the molecule is CCCN(CCNC)c1cnc(C)c(C)n1. The summed E-state index contributed by atoms with van der Waals surface area (Å²) >= 11 is 0. The minimum Gasteiger partial charge on any atom is -0.354 e. The Hall–Kier alpha value is -1.16. The van der Waals surface area contributed by atoms with E-state index in [9.17, 15) is 0 Å². The Kier molecular flexibility index (Phi) is 5.19. The smallest absolute Gasteiger partial charge is 0.147 e. The van der Waals surface area contributed by atoms with Gasteiger partial charge < -0.3 is 10.2 Å². The summed E-state index contributed by atoms with van der Waals surface area (Å²) in [7, 11) is 1.97. The third kappa shape index (κ3) is 3.45. The molecule has 0 aliphatic heterocycles. The number of hydrogen-bond acceptors (Lipinski definition) is 4. The van der Waals surface area contributed by atoms with E-state index < -0.39 is 0 Å². The van der Waals surface area contributed by atoms with Crippen LogP contribution in [0.25, 0.3) is 0 Å². The van der Waals surface area contributed by atoms with Crippen LogP contribution in [0.15, 0.2) is 6.20 Å². The third-order valence-electron chi connectivity index (χ3n) is 2.63. The molecule has 0 bridgehead atoms. The van der Waals surface area contributed by atoms with Crippen LogP contribution in [0, 0.1) is 13.8 Å². The molecule has 90 valence electrons. The Morgan fingerprint density at radius 2 is 2.00 bits per heavy atom. The Labute approximate surface area is 98.1 Å². The van der Waals surface area contributed by atoms with E-state index in [1.165, 1.54) is 0 Å². The van der Waals surface area contributed by atoms with Gasteiger partial charge in [0.15, 0.2) is 0 Å². The molecule has 16 heavy (non-hydrogen) atoms. The molecule has 4 heteroatoms. The number of aromatic nitrogens is 2. The summed E-state index contributed by atoms with van der Waals surface area (Å²) in [5, 5.41) is 3.16. The van der Waals surface area contributed by atoms with Gasteiger partial charge in [-0.05, 0) is 27.3 Å². The van der Waals surface area contributed by atoms with Crippen molar-refractivity contribution in [1.29, 1.82) is 0 Å². The van der Waals surface area contributed by atoms with Crippen LogP contribution < -0.4 is 10.2 Å². The van der Waals surface area contributed by atoms with Crippen molar-refractivity contribution in [3.63, 3.8) is 0 Å². The standard InChI is InChI=1S/C12H22N4/c1-5-7-16(8-6-13-4)12-9-14-10(2)11(3)15-12/h9,13H,5-8H2,1-4H3. The van der Waals surface area contributed by atoms with Crippen molar-refractivity contribution >= 4 is 5.82 Å². The molecule has 1 aromatic heterocycles. The summed E-state index contributed by atoms with van der Waals surface area (Å²) in [6, 6.07) is 0. The van der Waals surface area contributed by atoms with Gasteiger partial charge in [0.1, 0.15) is 5.82 Å². The Bertz CT molecular complexity index is 325. The lowest BCUT2D eigenvalue weighted by Crippen LogP contribution is -2.32. The molecular weight excluding hydrogens is 200 g/mol. The van der Waals surface area contributed by atoms with Crippen LogP contribution in [-0.4, -0.2) is 36.6 Å². The van der Waals surface area contributed by atoms with E-state index in [2.05, 4.69) is 27.1 Å². The normalized spacial score (nSPS) is 10.5. The molecule has 1 rings (SSSR count). The topological polar surface area (TPSA) is 41.0 Å². The molecule has 0 radical (unpaired) electrons. The molecule has 0 saturated heterocycles. The number of nitrogens with zero attached hydrogens (tertiary/aromatic N) is 3. The second-order valence-electron chi connectivity index (χ2n) is 3.99. The number of anilines is 1. The van der Waals surface area contributed by atoms with Crippen LogP contribution in [0.1, 0.15) is 24.7 Å². The highest BCUT2D eigenvalue weighted by atomic mass is 15.2. The fraction of sp³-hybridized carbons (Fsp3) is 0.667. The summed E-state index contributed by atoms with van der Waals surface area (Å²) in [6.45, 7) is 9.15. The molecule has 1 N–H and O–H groups in total. The summed E-state index contributed by atoms with van der Waals surface area (Å²) in [4.78, 5) is 11.2. The van der Waals surface area contributed by atoms with Gasteiger partial charge in [-0.2, -0.15) is 0 Å². The lowest BCUT2D eigenvalue weighted by molar-refractivity contribution is 0.699. The average molecular weight is 222 g/mol. The zero-order valence-electron chi connectivity index (χ0n) is 10.7. The van der Waals surface area contributed by atoms with Crippen molar-refractivity contribution in [2.24, 2.45) is 0 Å². The first-order valence-corrected chi connectivity index (χ1v) is 5.88. The van der Waals surface area contributed by atoms with Crippen LogP contribution in [0.4, 0.5) is 5.82 Å². The molecule has 0 saturated carbocycles. The number of rotatable bonds is 6. The van der Waals surface area contributed by atoms with Crippen LogP contribution in [0.3, 0.4) is 0 Å². The lowest BCUT2D eigenvalue weighted by atomic mass is 10.3. The van der Waals surface area contributed by atoms with Crippen molar-refractivity contribution in [2.45, 2.75) is 27.2 Å². The van der Waals surface area contributed by atoms with Crippen molar-refractivity contribution < 1.29 is 0 Å². The van der Waals surface area contributed by atoms with Gasteiger partial charge in [0, 0.05) is 19.6 Å². The highest BCUT2D eigenvalue weighted by Crippen LogP contribution is 2.11. The van der Waals surface area contributed by atoms with Crippen molar-refractivity contribution in [1.82, 2.24) is 15.3 Å². The molecule has 0 unspecified atom stereocenters. The van der Waals surface area contributed by atoms with Crippen LogP contribution >= 0.6 is 0 Å². The van der Waals surface area contributed by atoms with Gasteiger partial charge in [0.2, 0.25) is 0 Å². The van der Waals surface area contributed by atoms with Crippen molar-refractivity contribution in [3.8, 4) is 0 Å². The predicted molar refractivity (Wildman–Crippen MR) is 67.9 cm³/mol. The minimum atomic E-state index is 0.967. The first-order valence-electron chi connectivity index (χ1n) is 5.88. The summed E-state index contributed by atoms with van der Waals surface area (Å²) < 4.78 is 0. The van der Waals surface area contributed by atoms with E-state index in [0.29, 0.717) is 0 Å². The monoisotopic (exact) mass is 222 g/mol. The van der Waals surface area contributed by atoms with E-state index in [0.717, 1.165) is 43.3 Å². The first-order chi connectivity index (χ1) is 7.69. The molecule has 0 aromatic carbocycles. The predicted octanol–water partition coefficient (Wildman–Crippen LogP) is 1.53. The summed E-state index contributed by atoms with van der Waals surface area (Å²) in [5.74, 6) is 0.986. The number of aryl methyl sites for hydroxylation is 2. The average Bonchev–Trinajstić information content (AvgIpc) is 2.28.